The van der Waals surface area contributed by atoms with Crippen molar-refractivity contribution in [3.8, 4) is 0 Å². The molecule has 1 fully saturated rings. The number of benzene rings is 1. The van der Waals surface area contributed by atoms with Gasteiger partial charge in [0.2, 0.25) is 0 Å². The SMILES string of the molecule is C=C(COC(=O)NCc1ccccc1)[C@H]1CC[C@H](C)[C@@H]2CCC(C(=O)OC)=C[C@@H]21. The van der Waals surface area contributed by atoms with Crippen molar-refractivity contribution >= 4 is 12.1 Å². The van der Waals surface area contributed by atoms with Crippen LogP contribution in [0.25, 0.3) is 0 Å². The number of carbonyl (C=O) groups excluding carboxylic acids is 2. The number of rotatable bonds is 6. The molecule has 4 atom stereocenters. The molecule has 1 aromatic rings. The second kappa shape index (κ2) is 9.77. The lowest BCUT2D eigenvalue weighted by atomic mass is 9.61. The van der Waals surface area contributed by atoms with E-state index in [2.05, 4.69) is 24.9 Å². The molecule has 0 unspecified atom stereocenters. The summed E-state index contributed by atoms with van der Waals surface area (Å²) in [5.74, 6) is 1.39. The molecule has 0 aliphatic heterocycles. The van der Waals surface area contributed by atoms with E-state index >= 15 is 0 Å². The van der Waals surface area contributed by atoms with Crippen LogP contribution >= 0.6 is 0 Å². The Morgan fingerprint density at radius 1 is 1.17 bits per heavy atom. The number of nitrogens with one attached hydrogen (secondary N) is 1. The summed E-state index contributed by atoms with van der Waals surface area (Å²) in [4.78, 5) is 24.1. The number of fused-ring (bicyclic) bond motifs is 1. The topological polar surface area (TPSA) is 64.6 Å². The molecule has 1 aromatic carbocycles. The van der Waals surface area contributed by atoms with Gasteiger partial charge in [0.15, 0.2) is 0 Å². The van der Waals surface area contributed by atoms with E-state index in [4.69, 9.17) is 9.47 Å². The molecule has 0 aromatic heterocycles. The molecule has 3 rings (SSSR count). The maximum atomic E-state index is 12.1. The van der Waals surface area contributed by atoms with Crippen LogP contribution in [0.5, 0.6) is 0 Å². The average Bonchev–Trinajstić information content (AvgIpc) is 2.76. The van der Waals surface area contributed by atoms with Gasteiger partial charge in [-0.3, -0.25) is 0 Å². The van der Waals surface area contributed by atoms with Crippen molar-refractivity contribution in [1.82, 2.24) is 5.32 Å². The zero-order valence-corrected chi connectivity index (χ0v) is 17.4. The largest absolute Gasteiger partial charge is 0.466 e. The molecule has 5 nitrogen and oxygen atoms in total. The van der Waals surface area contributed by atoms with Crippen molar-refractivity contribution in [2.75, 3.05) is 13.7 Å². The molecule has 0 bridgehead atoms. The van der Waals surface area contributed by atoms with Gasteiger partial charge in [-0.15, -0.1) is 0 Å². The monoisotopic (exact) mass is 397 g/mol. The number of hydrogen-bond acceptors (Lipinski definition) is 4. The van der Waals surface area contributed by atoms with Crippen LogP contribution in [0.15, 0.2) is 54.1 Å². The number of allylic oxidation sites excluding steroid dienone is 1. The molecule has 5 heteroatoms. The van der Waals surface area contributed by atoms with Crippen LogP contribution in [0.4, 0.5) is 4.79 Å². The van der Waals surface area contributed by atoms with E-state index < -0.39 is 6.09 Å². The third-order valence-corrected chi connectivity index (χ3v) is 6.40. The predicted molar refractivity (Wildman–Crippen MR) is 112 cm³/mol. The highest BCUT2D eigenvalue weighted by Gasteiger charge is 2.40. The lowest BCUT2D eigenvalue weighted by Gasteiger charge is -2.44. The zero-order chi connectivity index (χ0) is 20.8. The average molecular weight is 398 g/mol. The first-order valence-corrected chi connectivity index (χ1v) is 10.4. The molecular weight excluding hydrogens is 366 g/mol. The highest BCUT2D eigenvalue weighted by molar-refractivity contribution is 5.88. The van der Waals surface area contributed by atoms with Crippen LogP contribution in [0.3, 0.4) is 0 Å². The van der Waals surface area contributed by atoms with E-state index in [1.54, 1.807) is 0 Å². The van der Waals surface area contributed by atoms with Crippen LogP contribution in [0.2, 0.25) is 0 Å². The molecule has 1 amide bonds. The Hall–Kier alpha value is -2.56. The minimum Gasteiger partial charge on any atom is -0.466 e. The third-order valence-electron chi connectivity index (χ3n) is 6.40. The summed E-state index contributed by atoms with van der Waals surface area (Å²) < 4.78 is 10.3. The number of hydrogen-bond donors (Lipinski definition) is 1. The number of esters is 1. The van der Waals surface area contributed by atoms with Crippen molar-refractivity contribution in [2.45, 2.75) is 39.2 Å². The molecule has 0 saturated heterocycles. The molecule has 1 N–H and O–H groups in total. The minimum atomic E-state index is -0.440. The van der Waals surface area contributed by atoms with Crippen LogP contribution < -0.4 is 5.32 Å². The van der Waals surface area contributed by atoms with E-state index in [-0.39, 0.29) is 24.4 Å². The quantitative estimate of drug-likeness (QED) is 0.561. The molecule has 0 radical (unpaired) electrons. The molecule has 156 valence electrons. The number of methoxy groups -OCH3 is 1. The zero-order valence-electron chi connectivity index (χ0n) is 17.4. The first-order chi connectivity index (χ1) is 14.0. The maximum absolute atomic E-state index is 12.1. The van der Waals surface area contributed by atoms with Gasteiger partial charge in [-0.05, 0) is 60.5 Å². The fourth-order valence-corrected chi connectivity index (χ4v) is 4.75. The predicted octanol–water partition coefficient (Wildman–Crippen LogP) is 4.64. The maximum Gasteiger partial charge on any atom is 0.407 e. The van der Waals surface area contributed by atoms with E-state index in [1.807, 2.05) is 30.3 Å². The van der Waals surface area contributed by atoms with Crippen molar-refractivity contribution in [1.29, 1.82) is 0 Å². The van der Waals surface area contributed by atoms with E-state index in [0.29, 0.717) is 18.4 Å². The molecule has 0 heterocycles. The summed E-state index contributed by atoms with van der Waals surface area (Å²) in [5, 5.41) is 2.77. The van der Waals surface area contributed by atoms with Gasteiger partial charge in [0.25, 0.3) is 0 Å². The highest BCUT2D eigenvalue weighted by Crippen LogP contribution is 2.47. The normalized spacial score (nSPS) is 25.9. The van der Waals surface area contributed by atoms with Crippen molar-refractivity contribution in [2.24, 2.45) is 23.7 Å². The summed E-state index contributed by atoms with van der Waals surface area (Å²) in [6, 6.07) is 9.72. The van der Waals surface area contributed by atoms with E-state index in [9.17, 15) is 9.59 Å². The summed E-state index contributed by atoms with van der Waals surface area (Å²) in [6.07, 6.45) is 5.56. The Labute approximate surface area is 173 Å². The van der Waals surface area contributed by atoms with Crippen molar-refractivity contribution in [3.05, 3.63) is 59.7 Å². The highest BCUT2D eigenvalue weighted by atomic mass is 16.5. The first-order valence-electron chi connectivity index (χ1n) is 10.4. The Kier molecular flexibility index (Phi) is 7.13. The Morgan fingerprint density at radius 3 is 2.66 bits per heavy atom. The Bertz CT molecular complexity index is 770. The summed E-state index contributed by atoms with van der Waals surface area (Å²) >= 11 is 0. The third kappa shape index (κ3) is 5.28. The van der Waals surface area contributed by atoms with Crippen molar-refractivity contribution in [3.63, 3.8) is 0 Å². The lowest BCUT2D eigenvalue weighted by molar-refractivity contribution is -0.136. The number of ether oxygens (including phenoxy) is 2. The van der Waals surface area contributed by atoms with Crippen LogP contribution in [0.1, 0.15) is 38.2 Å². The molecular formula is C24H31NO4. The van der Waals surface area contributed by atoms with Crippen LogP contribution in [-0.2, 0) is 20.8 Å². The number of amides is 1. The smallest absolute Gasteiger partial charge is 0.407 e. The van der Waals surface area contributed by atoms with Crippen LogP contribution in [0, 0.1) is 23.7 Å². The first kappa shape index (κ1) is 21.2. The Balaban J connectivity index is 1.57. The van der Waals surface area contributed by atoms with Gasteiger partial charge in [0.05, 0.1) is 7.11 Å². The second-order valence-corrected chi connectivity index (χ2v) is 8.20. The minimum absolute atomic E-state index is 0.199. The van der Waals surface area contributed by atoms with Gasteiger partial charge in [-0.1, -0.05) is 49.9 Å². The second-order valence-electron chi connectivity index (χ2n) is 8.20. The summed E-state index contributed by atoms with van der Waals surface area (Å²) in [7, 11) is 1.43. The van der Waals surface area contributed by atoms with E-state index in [1.165, 1.54) is 7.11 Å². The number of alkyl carbamates (subject to hydrolysis) is 1. The van der Waals surface area contributed by atoms with E-state index in [0.717, 1.165) is 42.4 Å². The van der Waals surface area contributed by atoms with Gasteiger partial charge in [-0.2, -0.15) is 0 Å². The molecule has 2 aliphatic carbocycles. The lowest BCUT2D eigenvalue weighted by Crippen LogP contribution is -2.37. The molecule has 29 heavy (non-hydrogen) atoms. The van der Waals surface area contributed by atoms with Gasteiger partial charge in [-0.25, -0.2) is 9.59 Å². The number of carbonyl (C=O) groups is 2. The molecule has 1 saturated carbocycles. The molecule has 2 aliphatic rings. The van der Waals surface area contributed by atoms with Gasteiger partial charge < -0.3 is 14.8 Å². The fourth-order valence-electron chi connectivity index (χ4n) is 4.75. The Morgan fingerprint density at radius 2 is 1.93 bits per heavy atom. The van der Waals surface area contributed by atoms with Crippen molar-refractivity contribution < 1.29 is 19.1 Å². The van der Waals surface area contributed by atoms with Crippen LogP contribution in [-0.4, -0.2) is 25.8 Å². The van der Waals surface area contributed by atoms with Gasteiger partial charge in [0, 0.05) is 12.1 Å². The fraction of sp³-hybridized carbons (Fsp3) is 0.500. The summed E-state index contributed by atoms with van der Waals surface area (Å²) in [6.45, 7) is 7.15. The van der Waals surface area contributed by atoms with Gasteiger partial charge in [0.1, 0.15) is 6.61 Å². The molecule has 0 spiro atoms. The van der Waals surface area contributed by atoms with Gasteiger partial charge >= 0.3 is 12.1 Å². The summed E-state index contributed by atoms with van der Waals surface area (Å²) in [5.41, 5.74) is 2.71. The standard InChI is InChI=1S/C24H31NO4/c1-16-9-11-21(22-13-19(23(26)28-3)10-12-20(16)22)17(2)15-29-24(27)25-14-18-7-5-4-6-8-18/h4-8,13,16,20-22H,2,9-12,14-15H2,1,3H3,(H,25,27)/t16-,20-,21+,22-/m0/s1.